The lowest BCUT2D eigenvalue weighted by Gasteiger charge is -2.12. The molecular formula is C19H22N4O4. The average molecular weight is 370 g/mol. The van der Waals surface area contributed by atoms with E-state index in [1.165, 1.54) is 19.2 Å². The van der Waals surface area contributed by atoms with Crippen LogP contribution in [0.25, 0.3) is 0 Å². The highest BCUT2D eigenvalue weighted by molar-refractivity contribution is 6.05. The summed E-state index contributed by atoms with van der Waals surface area (Å²) < 4.78 is 5.45. The Bertz CT molecular complexity index is 822. The average Bonchev–Trinajstić information content (AvgIpc) is 3.33. The molecule has 0 saturated carbocycles. The van der Waals surface area contributed by atoms with Crippen molar-refractivity contribution in [2.45, 2.75) is 25.9 Å². The molecule has 8 heteroatoms. The molecule has 1 atom stereocenters. The maximum Gasteiger partial charge on any atom is 0.319 e. The fraction of sp³-hybridized carbons (Fsp3) is 0.316. The molecular weight excluding hydrogens is 348 g/mol. The van der Waals surface area contributed by atoms with Crippen molar-refractivity contribution < 1.29 is 19.1 Å². The van der Waals surface area contributed by atoms with E-state index in [0.717, 1.165) is 19.4 Å². The Morgan fingerprint density at radius 1 is 1.15 bits per heavy atom. The monoisotopic (exact) mass is 370 g/mol. The number of amides is 3. The molecule has 1 fully saturated rings. The zero-order chi connectivity index (χ0) is 19.2. The van der Waals surface area contributed by atoms with Gasteiger partial charge < -0.3 is 25.7 Å². The van der Waals surface area contributed by atoms with Gasteiger partial charge in [-0.05, 0) is 50.1 Å². The molecule has 2 heterocycles. The van der Waals surface area contributed by atoms with Gasteiger partial charge >= 0.3 is 6.03 Å². The molecule has 2 aromatic rings. The second-order valence-electron chi connectivity index (χ2n) is 6.36. The highest BCUT2D eigenvalue weighted by atomic mass is 16.5. The number of nitrogens with one attached hydrogen (secondary N) is 4. The number of anilines is 2. The minimum absolute atomic E-state index is 0.0878. The van der Waals surface area contributed by atoms with Crippen LogP contribution in [0.1, 0.15) is 40.6 Å². The van der Waals surface area contributed by atoms with Crippen LogP contribution in [0.3, 0.4) is 0 Å². The van der Waals surface area contributed by atoms with Gasteiger partial charge in [-0.2, -0.15) is 0 Å². The summed E-state index contributed by atoms with van der Waals surface area (Å²) in [5.74, 6) is -0.462. The van der Waals surface area contributed by atoms with Gasteiger partial charge in [0.05, 0.1) is 6.10 Å². The zero-order valence-corrected chi connectivity index (χ0v) is 15.0. The first kappa shape index (κ1) is 18.7. The van der Waals surface area contributed by atoms with Crippen molar-refractivity contribution in [2.75, 3.05) is 23.8 Å². The quantitative estimate of drug-likeness (QED) is 0.586. The summed E-state index contributed by atoms with van der Waals surface area (Å²) >= 11 is 0. The zero-order valence-electron chi connectivity index (χ0n) is 15.0. The van der Waals surface area contributed by atoms with Crippen LogP contribution in [0.15, 0.2) is 36.5 Å². The first-order chi connectivity index (χ1) is 13.0. The van der Waals surface area contributed by atoms with E-state index in [9.17, 15) is 14.4 Å². The maximum atomic E-state index is 12.2. The molecule has 0 unspecified atom stereocenters. The molecule has 4 N–H and O–H groups in total. The van der Waals surface area contributed by atoms with Crippen molar-refractivity contribution in [3.63, 3.8) is 0 Å². The maximum absolute atomic E-state index is 12.2. The Hall–Kier alpha value is -3.13. The lowest BCUT2D eigenvalue weighted by atomic mass is 10.2. The molecule has 1 aliphatic heterocycles. The third-order valence-corrected chi connectivity index (χ3v) is 4.25. The fourth-order valence-electron chi connectivity index (χ4n) is 2.75. The van der Waals surface area contributed by atoms with Gasteiger partial charge in [-0.25, -0.2) is 4.79 Å². The van der Waals surface area contributed by atoms with Gasteiger partial charge in [0.25, 0.3) is 5.91 Å². The molecule has 3 rings (SSSR count). The van der Waals surface area contributed by atoms with Crippen LogP contribution in [-0.2, 0) is 4.74 Å². The van der Waals surface area contributed by atoms with Crippen LogP contribution in [0, 0.1) is 0 Å². The minimum atomic E-state index is -0.350. The van der Waals surface area contributed by atoms with Crippen molar-refractivity contribution in [3.8, 4) is 0 Å². The number of Topliss-reactive ketones (excluding diaryl/α,β-unsaturated/α-hetero) is 1. The summed E-state index contributed by atoms with van der Waals surface area (Å²) in [6.45, 7) is 2.67. The van der Waals surface area contributed by atoms with Crippen molar-refractivity contribution in [1.29, 1.82) is 0 Å². The van der Waals surface area contributed by atoms with Gasteiger partial charge in [-0.15, -0.1) is 0 Å². The van der Waals surface area contributed by atoms with E-state index in [4.69, 9.17) is 4.74 Å². The molecule has 0 aliphatic carbocycles. The minimum Gasteiger partial charge on any atom is -0.376 e. The van der Waals surface area contributed by atoms with Crippen molar-refractivity contribution in [1.82, 2.24) is 10.3 Å². The van der Waals surface area contributed by atoms with E-state index < -0.39 is 0 Å². The van der Waals surface area contributed by atoms with Crippen LogP contribution in [-0.4, -0.2) is 42.0 Å². The lowest BCUT2D eigenvalue weighted by Crippen LogP contribution is -2.35. The van der Waals surface area contributed by atoms with Crippen molar-refractivity contribution in [2.24, 2.45) is 0 Å². The molecule has 1 aromatic carbocycles. The summed E-state index contributed by atoms with van der Waals surface area (Å²) in [5, 5.41) is 8.24. The molecule has 27 heavy (non-hydrogen) atoms. The lowest BCUT2D eigenvalue weighted by molar-refractivity contribution is 0.101. The summed E-state index contributed by atoms with van der Waals surface area (Å²) in [4.78, 5) is 38.1. The molecule has 0 bridgehead atoms. The number of benzene rings is 1. The Labute approximate surface area is 156 Å². The second kappa shape index (κ2) is 8.50. The van der Waals surface area contributed by atoms with Crippen molar-refractivity contribution >= 4 is 29.1 Å². The second-order valence-corrected chi connectivity index (χ2v) is 6.36. The van der Waals surface area contributed by atoms with Gasteiger partial charge in [-0.3, -0.25) is 9.59 Å². The molecule has 0 spiro atoms. The number of rotatable bonds is 6. The summed E-state index contributed by atoms with van der Waals surface area (Å²) in [5.41, 5.74) is 1.94. The summed E-state index contributed by atoms with van der Waals surface area (Å²) in [6.07, 6.45) is 3.58. The van der Waals surface area contributed by atoms with Gasteiger partial charge in [0, 0.05) is 36.3 Å². The van der Waals surface area contributed by atoms with E-state index in [-0.39, 0.29) is 23.8 Å². The van der Waals surface area contributed by atoms with E-state index in [0.29, 0.717) is 29.2 Å². The molecule has 1 aliphatic rings. The normalized spacial score (nSPS) is 16.0. The standard InChI is InChI=1S/C19H22N4O4/c1-12(24)13-9-17(20-10-13)18(25)22-14-4-6-15(7-5-14)23-19(26)21-11-16-3-2-8-27-16/h4-7,9-10,16,20H,2-3,8,11H2,1H3,(H,22,25)(H2,21,23,26)/t16-/m1/s1. The number of ketones is 1. The molecule has 142 valence electrons. The Morgan fingerprint density at radius 2 is 1.85 bits per heavy atom. The number of aromatic nitrogens is 1. The number of aromatic amines is 1. The van der Waals surface area contributed by atoms with Gasteiger partial charge in [-0.1, -0.05) is 0 Å². The molecule has 0 radical (unpaired) electrons. The SMILES string of the molecule is CC(=O)c1c[nH]c(C(=O)Nc2ccc(NC(=O)NC[C@H]3CCCO3)cc2)c1. The number of hydrogen-bond donors (Lipinski definition) is 4. The first-order valence-corrected chi connectivity index (χ1v) is 8.78. The highest BCUT2D eigenvalue weighted by Crippen LogP contribution is 2.15. The van der Waals surface area contributed by atoms with Crippen LogP contribution < -0.4 is 16.0 Å². The Kier molecular flexibility index (Phi) is 5.87. The van der Waals surface area contributed by atoms with Gasteiger partial charge in [0.2, 0.25) is 0 Å². The Morgan fingerprint density at radius 3 is 2.44 bits per heavy atom. The smallest absolute Gasteiger partial charge is 0.319 e. The van der Waals surface area contributed by atoms with E-state index in [2.05, 4.69) is 20.9 Å². The summed E-state index contributed by atoms with van der Waals surface area (Å²) in [7, 11) is 0. The van der Waals surface area contributed by atoms with Crippen LogP contribution in [0.5, 0.6) is 0 Å². The predicted molar refractivity (Wildman–Crippen MR) is 101 cm³/mol. The number of carbonyl (C=O) groups excluding carboxylic acids is 3. The third-order valence-electron chi connectivity index (χ3n) is 4.25. The van der Waals surface area contributed by atoms with Gasteiger partial charge in [0.15, 0.2) is 5.78 Å². The number of H-pyrrole nitrogens is 1. The van der Waals surface area contributed by atoms with Crippen molar-refractivity contribution in [3.05, 3.63) is 47.8 Å². The van der Waals surface area contributed by atoms with E-state index in [1.54, 1.807) is 24.3 Å². The van der Waals surface area contributed by atoms with E-state index >= 15 is 0 Å². The van der Waals surface area contributed by atoms with Gasteiger partial charge in [0.1, 0.15) is 5.69 Å². The summed E-state index contributed by atoms with van der Waals surface area (Å²) in [6, 6.07) is 7.95. The number of urea groups is 1. The highest BCUT2D eigenvalue weighted by Gasteiger charge is 2.16. The number of carbonyl (C=O) groups is 3. The Balaban J connectivity index is 1.49. The predicted octanol–water partition coefficient (Wildman–Crippen LogP) is 2.77. The first-order valence-electron chi connectivity index (χ1n) is 8.78. The van der Waals surface area contributed by atoms with Crippen LogP contribution in [0.4, 0.5) is 16.2 Å². The van der Waals surface area contributed by atoms with Crippen LogP contribution >= 0.6 is 0 Å². The fourth-order valence-corrected chi connectivity index (χ4v) is 2.75. The van der Waals surface area contributed by atoms with E-state index in [1.807, 2.05) is 0 Å². The topological polar surface area (TPSA) is 112 Å². The molecule has 3 amide bonds. The molecule has 1 aromatic heterocycles. The largest absolute Gasteiger partial charge is 0.376 e. The molecule has 8 nitrogen and oxygen atoms in total. The van der Waals surface area contributed by atoms with Crippen LogP contribution in [0.2, 0.25) is 0 Å². The third kappa shape index (κ3) is 5.18. The number of hydrogen-bond acceptors (Lipinski definition) is 4. The number of ether oxygens (including phenoxy) is 1. The molecule has 1 saturated heterocycles.